The molecule has 1 amide bonds. The Kier molecular flexibility index (Phi) is 3.54. The predicted octanol–water partition coefficient (Wildman–Crippen LogP) is 3.40. The van der Waals surface area contributed by atoms with Gasteiger partial charge in [-0.1, -0.05) is 17.7 Å². The molecule has 4 heteroatoms. The lowest BCUT2D eigenvalue weighted by molar-refractivity contribution is 0.102. The average molecular weight is 291 g/mol. The molecule has 1 aromatic heterocycles. The highest BCUT2D eigenvalue weighted by Crippen LogP contribution is 2.15. The maximum Gasteiger partial charge on any atom is 0.255 e. The van der Waals surface area contributed by atoms with Crippen LogP contribution in [0.25, 0.3) is 0 Å². The summed E-state index contributed by atoms with van der Waals surface area (Å²) in [4.78, 5) is 15.9. The largest absolute Gasteiger partial charge is 0.321 e. The average Bonchev–Trinajstić information content (AvgIpc) is 2.29. The molecular formula is C13H11BrN2O. The van der Waals surface area contributed by atoms with E-state index in [4.69, 9.17) is 0 Å². The van der Waals surface area contributed by atoms with Crippen molar-refractivity contribution in [3.8, 4) is 0 Å². The van der Waals surface area contributed by atoms with E-state index in [2.05, 4.69) is 26.2 Å². The third-order valence-corrected chi connectivity index (χ3v) is 2.68. The lowest BCUT2D eigenvalue weighted by Crippen LogP contribution is -2.12. The number of hydrogen-bond donors (Lipinski definition) is 1. The van der Waals surface area contributed by atoms with Gasteiger partial charge in [-0.3, -0.25) is 9.78 Å². The number of nitrogens with one attached hydrogen (secondary N) is 1. The molecule has 0 atom stereocenters. The first-order valence-corrected chi connectivity index (χ1v) is 5.93. The third-order valence-electron chi connectivity index (χ3n) is 2.24. The van der Waals surface area contributed by atoms with Crippen molar-refractivity contribution < 1.29 is 4.79 Å². The lowest BCUT2D eigenvalue weighted by atomic mass is 10.1. The molecule has 17 heavy (non-hydrogen) atoms. The zero-order valence-corrected chi connectivity index (χ0v) is 10.9. The van der Waals surface area contributed by atoms with Crippen LogP contribution in [0.3, 0.4) is 0 Å². The van der Waals surface area contributed by atoms with Gasteiger partial charge in [0.25, 0.3) is 5.91 Å². The maximum atomic E-state index is 11.9. The van der Waals surface area contributed by atoms with E-state index in [9.17, 15) is 4.79 Å². The summed E-state index contributed by atoms with van der Waals surface area (Å²) in [5.41, 5.74) is 2.38. The van der Waals surface area contributed by atoms with Gasteiger partial charge in [-0.2, -0.15) is 0 Å². The quantitative estimate of drug-likeness (QED) is 0.921. The summed E-state index contributed by atoms with van der Waals surface area (Å²) in [6.07, 6.45) is 3.28. The minimum absolute atomic E-state index is 0.131. The van der Waals surface area contributed by atoms with E-state index in [1.807, 2.05) is 25.1 Å². The van der Waals surface area contributed by atoms with Crippen LogP contribution in [-0.4, -0.2) is 10.9 Å². The van der Waals surface area contributed by atoms with Gasteiger partial charge < -0.3 is 5.32 Å². The van der Waals surface area contributed by atoms with Crippen LogP contribution in [0.1, 0.15) is 15.9 Å². The van der Waals surface area contributed by atoms with Crippen molar-refractivity contribution in [3.63, 3.8) is 0 Å². The van der Waals surface area contributed by atoms with Gasteiger partial charge in [-0.05, 0) is 41.1 Å². The topological polar surface area (TPSA) is 42.0 Å². The fourth-order valence-electron chi connectivity index (χ4n) is 1.47. The van der Waals surface area contributed by atoms with Crippen molar-refractivity contribution in [2.75, 3.05) is 5.32 Å². The molecule has 1 N–H and O–H groups in total. The number of benzene rings is 1. The first kappa shape index (κ1) is 11.8. The van der Waals surface area contributed by atoms with Gasteiger partial charge in [0.05, 0.1) is 11.9 Å². The molecule has 0 aliphatic rings. The molecule has 0 saturated carbocycles. The lowest BCUT2D eigenvalue weighted by Gasteiger charge is -2.05. The molecule has 0 aliphatic heterocycles. The molecular weight excluding hydrogens is 280 g/mol. The number of aryl methyl sites for hydroxylation is 1. The number of nitrogens with zero attached hydrogens (tertiary/aromatic N) is 1. The molecule has 0 radical (unpaired) electrons. The SMILES string of the molecule is Cc1cccc(C(=O)Nc2cncc(Br)c2)c1. The highest BCUT2D eigenvalue weighted by atomic mass is 79.9. The van der Waals surface area contributed by atoms with Crippen molar-refractivity contribution in [1.82, 2.24) is 4.98 Å². The second kappa shape index (κ2) is 5.10. The second-order valence-electron chi connectivity index (χ2n) is 3.72. The van der Waals surface area contributed by atoms with Gasteiger partial charge in [0.15, 0.2) is 0 Å². The summed E-state index contributed by atoms with van der Waals surface area (Å²) in [5.74, 6) is -0.131. The number of pyridine rings is 1. The molecule has 0 fully saturated rings. The van der Waals surface area contributed by atoms with Gasteiger partial charge >= 0.3 is 0 Å². The number of halogens is 1. The van der Waals surface area contributed by atoms with Gasteiger partial charge in [-0.25, -0.2) is 0 Å². The Morgan fingerprint density at radius 3 is 2.82 bits per heavy atom. The maximum absolute atomic E-state index is 11.9. The normalized spacial score (nSPS) is 10.0. The van der Waals surface area contributed by atoms with Crippen molar-refractivity contribution in [1.29, 1.82) is 0 Å². The molecule has 1 heterocycles. The van der Waals surface area contributed by atoms with E-state index in [0.717, 1.165) is 10.0 Å². The Bertz CT molecular complexity index is 555. The van der Waals surface area contributed by atoms with E-state index in [-0.39, 0.29) is 5.91 Å². The smallest absolute Gasteiger partial charge is 0.255 e. The van der Waals surface area contributed by atoms with E-state index in [1.54, 1.807) is 24.5 Å². The number of aromatic nitrogens is 1. The molecule has 0 saturated heterocycles. The van der Waals surface area contributed by atoms with Crippen LogP contribution >= 0.6 is 15.9 Å². The Labute approximate surface area is 108 Å². The van der Waals surface area contributed by atoms with Crippen LogP contribution < -0.4 is 5.32 Å². The minimum atomic E-state index is -0.131. The van der Waals surface area contributed by atoms with E-state index in [0.29, 0.717) is 11.3 Å². The van der Waals surface area contributed by atoms with Crippen LogP contribution in [0.15, 0.2) is 47.2 Å². The van der Waals surface area contributed by atoms with E-state index in [1.165, 1.54) is 0 Å². The summed E-state index contributed by atoms with van der Waals surface area (Å²) in [6, 6.07) is 9.26. The number of carbonyl (C=O) groups excluding carboxylic acids is 1. The van der Waals surface area contributed by atoms with Crippen LogP contribution in [0, 0.1) is 6.92 Å². The Balaban J connectivity index is 2.17. The fraction of sp³-hybridized carbons (Fsp3) is 0.0769. The molecule has 0 unspecified atom stereocenters. The van der Waals surface area contributed by atoms with Gasteiger partial charge in [0, 0.05) is 16.2 Å². The molecule has 0 aliphatic carbocycles. The zero-order valence-electron chi connectivity index (χ0n) is 9.27. The van der Waals surface area contributed by atoms with Crippen LogP contribution in [0.4, 0.5) is 5.69 Å². The highest BCUT2D eigenvalue weighted by Gasteiger charge is 2.06. The van der Waals surface area contributed by atoms with Crippen molar-refractivity contribution in [2.24, 2.45) is 0 Å². The Hall–Kier alpha value is -1.68. The summed E-state index contributed by atoms with van der Waals surface area (Å²) < 4.78 is 0.833. The van der Waals surface area contributed by atoms with Crippen LogP contribution in [0.5, 0.6) is 0 Å². The number of carbonyl (C=O) groups is 1. The molecule has 3 nitrogen and oxygen atoms in total. The molecule has 2 rings (SSSR count). The third kappa shape index (κ3) is 3.14. The van der Waals surface area contributed by atoms with Gasteiger partial charge in [0.1, 0.15) is 0 Å². The second-order valence-corrected chi connectivity index (χ2v) is 4.63. The summed E-state index contributed by atoms with van der Waals surface area (Å²) in [6.45, 7) is 1.96. The Morgan fingerprint density at radius 1 is 1.29 bits per heavy atom. The molecule has 0 bridgehead atoms. The van der Waals surface area contributed by atoms with Crippen molar-refractivity contribution >= 4 is 27.5 Å². The first-order valence-electron chi connectivity index (χ1n) is 5.14. The first-order chi connectivity index (χ1) is 8.15. The van der Waals surface area contributed by atoms with Crippen molar-refractivity contribution in [3.05, 3.63) is 58.3 Å². The number of rotatable bonds is 2. The van der Waals surface area contributed by atoms with Crippen LogP contribution in [-0.2, 0) is 0 Å². The summed E-state index contributed by atoms with van der Waals surface area (Å²) in [5, 5.41) is 2.79. The Morgan fingerprint density at radius 2 is 2.12 bits per heavy atom. The summed E-state index contributed by atoms with van der Waals surface area (Å²) >= 11 is 3.31. The predicted molar refractivity (Wildman–Crippen MR) is 71.1 cm³/mol. The van der Waals surface area contributed by atoms with Crippen LogP contribution in [0.2, 0.25) is 0 Å². The number of amides is 1. The molecule has 2 aromatic rings. The molecule has 1 aromatic carbocycles. The monoisotopic (exact) mass is 290 g/mol. The van der Waals surface area contributed by atoms with Gasteiger partial charge in [-0.15, -0.1) is 0 Å². The zero-order chi connectivity index (χ0) is 12.3. The molecule has 0 spiro atoms. The standard InChI is InChI=1S/C13H11BrN2O/c1-9-3-2-4-10(5-9)13(17)16-12-6-11(14)7-15-8-12/h2-8H,1H3,(H,16,17). The van der Waals surface area contributed by atoms with Gasteiger partial charge in [0.2, 0.25) is 0 Å². The number of anilines is 1. The van der Waals surface area contributed by atoms with E-state index >= 15 is 0 Å². The van der Waals surface area contributed by atoms with Crippen molar-refractivity contribution in [2.45, 2.75) is 6.92 Å². The number of hydrogen-bond acceptors (Lipinski definition) is 2. The summed E-state index contributed by atoms with van der Waals surface area (Å²) in [7, 11) is 0. The minimum Gasteiger partial charge on any atom is -0.321 e. The fourth-order valence-corrected chi connectivity index (χ4v) is 1.83. The highest BCUT2D eigenvalue weighted by molar-refractivity contribution is 9.10. The molecule has 86 valence electrons. The van der Waals surface area contributed by atoms with E-state index < -0.39 is 0 Å².